The van der Waals surface area contributed by atoms with Crippen molar-refractivity contribution < 1.29 is 8.83 Å². The Balaban J connectivity index is 1.37. The maximum absolute atomic E-state index is 6.78. The Kier molecular flexibility index (Phi) is 4.26. The van der Waals surface area contributed by atoms with Crippen LogP contribution in [0.4, 0.5) is 17.1 Å². The summed E-state index contributed by atoms with van der Waals surface area (Å²) in [5, 5.41) is 4.67. The number of benzene rings is 6. The first-order valence-corrected chi connectivity index (χ1v) is 14.4. The average Bonchev–Trinajstić information content (AvgIpc) is 3.74. The van der Waals surface area contributed by atoms with Gasteiger partial charge in [-0.1, -0.05) is 96.5 Å². The molecule has 2 aromatic heterocycles. The molecule has 0 unspecified atom stereocenters. The number of fused-ring (bicyclic) bond motifs is 9. The van der Waals surface area contributed by atoms with Gasteiger partial charge in [-0.25, -0.2) is 0 Å². The van der Waals surface area contributed by atoms with Gasteiger partial charge in [0.15, 0.2) is 0 Å². The van der Waals surface area contributed by atoms with Crippen LogP contribution in [0.3, 0.4) is 0 Å². The quantitative estimate of drug-likeness (QED) is 0.209. The minimum Gasteiger partial charge on any atom is -0.468 e. The summed E-state index contributed by atoms with van der Waals surface area (Å²) < 4.78 is 12.9. The van der Waals surface area contributed by atoms with E-state index in [4.69, 9.17) is 8.83 Å². The van der Waals surface area contributed by atoms with E-state index < -0.39 is 0 Å². The normalized spacial score (nSPS) is 13.1. The second kappa shape index (κ2) is 8.05. The fraction of sp³-hybridized carbons (Fsp3) is 0. The molecule has 0 bridgehead atoms. The van der Waals surface area contributed by atoms with Crippen molar-refractivity contribution >= 4 is 73.1 Å². The smallest absolute Gasteiger partial charge is 0.294 e. The second-order valence-corrected chi connectivity index (χ2v) is 11.3. The van der Waals surface area contributed by atoms with Gasteiger partial charge in [-0.15, -0.1) is 0 Å². The molecule has 0 aliphatic carbocycles. The molecule has 0 saturated heterocycles. The van der Waals surface area contributed by atoms with Crippen molar-refractivity contribution in [3.05, 3.63) is 134 Å². The Labute approximate surface area is 242 Å². The summed E-state index contributed by atoms with van der Waals surface area (Å²) in [5.41, 5.74) is 13.6. The molecule has 0 amide bonds. The topological polar surface area (TPSA) is 29.5 Å². The van der Waals surface area contributed by atoms with Gasteiger partial charge in [-0.05, 0) is 74.9 Å². The van der Waals surface area contributed by atoms with Crippen LogP contribution >= 0.6 is 0 Å². The van der Waals surface area contributed by atoms with Crippen LogP contribution in [0.2, 0.25) is 0 Å². The summed E-state index contributed by atoms with van der Waals surface area (Å²) in [7, 11) is 0. The highest BCUT2D eigenvalue weighted by Crippen LogP contribution is 2.48. The van der Waals surface area contributed by atoms with Crippen molar-refractivity contribution in [2.75, 3.05) is 4.90 Å². The maximum atomic E-state index is 6.78. The van der Waals surface area contributed by atoms with Crippen molar-refractivity contribution in [2.24, 2.45) is 0 Å². The number of hydrogen-bond donors (Lipinski definition) is 0. The highest BCUT2D eigenvalue weighted by Gasteiger charge is 2.46. The molecule has 194 valence electrons. The van der Waals surface area contributed by atoms with E-state index in [1.165, 1.54) is 49.6 Å². The molecular weight excluding hydrogens is 513 g/mol. The number of para-hydroxylation sites is 2. The number of furan rings is 2. The lowest BCUT2D eigenvalue weighted by Crippen LogP contribution is -2.54. The minimum absolute atomic E-state index is 0.0181. The first-order valence-electron chi connectivity index (χ1n) is 14.4. The minimum atomic E-state index is 0.0181. The highest BCUT2D eigenvalue weighted by molar-refractivity contribution is 7.01. The third-order valence-corrected chi connectivity index (χ3v) is 9.13. The largest absolute Gasteiger partial charge is 0.468 e. The molecule has 0 saturated carbocycles. The Morgan fingerprint density at radius 2 is 1.26 bits per heavy atom. The molecule has 2 aliphatic heterocycles. The predicted molar refractivity (Wildman–Crippen MR) is 174 cm³/mol. The number of anilines is 3. The summed E-state index contributed by atoms with van der Waals surface area (Å²) in [6.45, 7) is 0.0181. The molecule has 0 fully saturated rings. The number of hydrogen-bond acceptors (Lipinski definition) is 3. The van der Waals surface area contributed by atoms with Crippen molar-refractivity contribution in [1.29, 1.82) is 0 Å². The molecule has 4 heteroatoms. The van der Waals surface area contributed by atoms with Gasteiger partial charge in [0, 0.05) is 16.5 Å². The molecule has 3 nitrogen and oxygen atoms in total. The van der Waals surface area contributed by atoms with E-state index in [0.717, 1.165) is 39.0 Å². The van der Waals surface area contributed by atoms with Crippen molar-refractivity contribution in [3.63, 3.8) is 0 Å². The molecule has 0 N–H and O–H groups in total. The van der Waals surface area contributed by atoms with Gasteiger partial charge in [0.2, 0.25) is 0 Å². The van der Waals surface area contributed by atoms with E-state index >= 15 is 0 Å². The van der Waals surface area contributed by atoms with Crippen LogP contribution in [0.5, 0.6) is 0 Å². The van der Waals surface area contributed by atoms with Crippen LogP contribution in [-0.2, 0) is 0 Å². The van der Waals surface area contributed by atoms with Gasteiger partial charge in [0.1, 0.15) is 17.4 Å². The third kappa shape index (κ3) is 2.81. The van der Waals surface area contributed by atoms with E-state index in [1.807, 2.05) is 18.4 Å². The lowest BCUT2D eigenvalue weighted by Gasteiger charge is -2.33. The molecule has 6 aromatic carbocycles. The average molecular weight is 535 g/mol. The zero-order chi connectivity index (χ0) is 27.4. The second-order valence-electron chi connectivity index (χ2n) is 11.3. The number of nitrogens with zero attached hydrogens (tertiary/aromatic N) is 1. The van der Waals surface area contributed by atoms with Gasteiger partial charge >= 0.3 is 0 Å². The molecule has 0 spiro atoms. The molecule has 2 aliphatic rings. The van der Waals surface area contributed by atoms with Crippen LogP contribution < -0.4 is 21.5 Å². The van der Waals surface area contributed by atoms with Gasteiger partial charge in [-0.2, -0.15) is 0 Å². The van der Waals surface area contributed by atoms with Crippen LogP contribution in [0.1, 0.15) is 0 Å². The summed E-state index contributed by atoms with van der Waals surface area (Å²) in [6.07, 6.45) is 1.90. The fourth-order valence-corrected chi connectivity index (χ4v) is 7.39. The monoisotopic (exact) mass is 535 g/mol. The van der Waals surface area contributed by atoms with Crippen LogP contribution in [-0.4, -0.2) is 6.71 Å². The fourth-order valence-electron chi connectivity index (χ4n) is 7.39. The van der Waals surface area contributed by atoms with Crippen molar-refractivity contribution in [2.45, 2.75) is 0 Å². The summed E-state index contributed by atoms with van der Waals surface area (Å²) in [4.78, 5) is 2.39. The Morgan fingerprint density at radius 1 is 0.548 bits per heavy atom. The molecule has 8 aromatic rings. The summed E-state index contributed by atoms with van der Waals surface area (Å²) in [5.74, 6) is 0. The van der Waals surface area contributed by atoms with Gasteiger partial charge < -0.3 is 13.7 Å². The Morgan fingerprint density at radius 3 is 2.19 bits per heavy atom. The maximum Gasteiger partial charge on any atom is 0.294 e. The van der Waals surface area contributed by atoms with Crippen LogP contribution in [0.15, 0.2) is 142 Å². The highest BCUT2D eigenvalue weighted by atomic mass is 16.3. The summed E-state index contributed by atoms with van der Waals surface area (Å²) >= 11 is 0. The lowest BCUT2D eigenvalue weighted by atomic mass is 9.39. The zero-order valence-electron chi connectivity index (χ0n) is 22.5. The van der Waals surface area contributed by atoms with Crippen molar-refractivity contribution in [3.8, 4) is 22.3 Å². The van der Waals surface area contributed by atoms with Crippen LogP contribution in [0, 0.1) is 0 Å². The SMILES string of the molecule is c1ccc2c(c1)B1c3oc4ccccc4c3N(c3coc4ccccc34)c3cc(-c4cccc5ccccc45)cc-2c31. The van der Waals surface area contributed by atoms with E-state index in [-0.39, 0.29) is 6.71 Å². The third-order valence-electron chi connectivity index (χ3n) is 9.13. The standard InChI is InChI=1S/C38H22BNO2/c1-2-12-25-23(10-1)11-9-16-26(25)24-20-30-27-13-3-6-17-31(27)39-36(30)32(21-24)40(33-22-41-34-18-7-4-14-28(33)34)37-29-15-5-8-19-35(29)42-38(37)39/h1-22H. The lowest BCUT2D eigenvalue weighted by molar-refractivity contribution is 0.616. The van der Waals surface area contributed by atoms with Crippen LogP contribution in [0.25, 0.3) is 55.0 Å². The Bertz CT molecular complexity index is 2390. The summed E-state index contributed by atoms with van der Waals surface area (Å²) in [6, 6.07) is 45.5. The van der Waals surface area contributed by atoms with E-state index in [1.54, 1.807) is 0 Å². The van der Waals surface area contributed by atoms with Gasteiger partial charge in [0.05, 0.1) is 17.0 Å². The molecule has 0 radical (unpaired) electrons. The van der Waals surface area contributed by atoms with Crippen molar-refractivity contribution in [1.82, 2.24) is 0 Å². The molecular formula is C38H22BNO2. The van der Waals surface area contributed by atoms with Gasteiger partial charge in [0.25, 0.3) is 6.71 Å². The van der Waals surface area contributed by atoms with E-state index in [9.17, 15) is 0 Å². The Hall–Kier alpha value is -5.48. The number of rotatable bonds is 2. The van der Waals surface area contributed by atoms with E-state index in [0.29, 0.717) is 0 Å². The predicted octanol–water partition coefficient (Wildman–Crippen LogP) is 8.28. The molecule has 10 rings (SSSR count). The zero-order valence-corrected chi connectivity index (χ0v) is 22.5. The molecule has 4 heterocycles. The first kappa shape index (κ1) is 22.2. The first-order chi connectivity index (χ1) is 20.8. The molecule has 0 atom stereocenters. The van der Waals surface area contributed by atoms with E-state index in [2.05, 4.69) is 120 Å². The van der Waals surface area contributed by atoms with Gasteiger partial charge in [-0.3, -0.25) is 0 Å². The molecule has 42 heavy (non-hydrogen) atoms.